The fraction of sp³-hybridized carbons (Fsp3) is 0.409. The highest BCUT2D eigenvalue weighted by molar-refractivity contribution is 7.89. The van der Waals surface area contributed by atoms with Gasteiger partial charge in [-0.05, 0) is 49.2 Å². The molecule has 29 heavy (non-hydrogen) atoms. The minimum absolute atomic E-state index is 0.174. The molecule has 0 saturated carbocycles. The third kappa shape index (κ3) is 5.88. The van der Waals surface area contributed by atoms with E-state index in [1.807, 2.05) is 30.3 Å². The number of likely N-dealkylation sites (tertiary alicyclic amines) is 1. The van der Waals surface area contributed by atoms with Crippen molar-refractivity contribution in [2.75, 3.05) is 26.7 Å². The molecule has 1 unspecified atom stereocenters. The second kappa shape index (κ2) is 10.0. The lowest BCUT2D eigenvalue weighted by atomic mass is 10.1. The molecule has 3 rings (SSSR count). The average molecular weight is 417 g/mol. The maximum atomic E-state index is 13.2. The molecule has 0 spiro atoms. The molecule has 1 N–H and O–H groups in total. The summed E-state index contributed by atoms with van der Waals surface area (Å²) in [5, 5.41) is -0.629. The molecule has 1 saturated heterocycles. The molecule has 0 radical (unpaired) electrons. The van der Waals surface area contributed by atoms with Gasteiger partial charge in [0.25, 0.3) is 0 Å². The van der Waals surface area contributed by atoms with Gasteiger partial charge in [-0.1, -0.05) is 48.9 Å². The molecule has 6 nitrogen and oxygen atoms in total. The van der Waals surface area contributed by atoms with Crippen LogP contribution < -0.4 is 4.72 Å². The molecule has 1 heterocycles. The van der Waals surface area contributed by atoms with Crippen LogP contribution in [-0.2, 0) is 21.3 Å². The zero-order valence-electron chi connectivity index (χ0n) is 16.7. The standard InChI is InChI=1S/C22H28N2O4S/c1-28-22(25)20-12-10-18(11-13-20)16-23-29(26,27)21(19-8-4-2-5-9-19)17-24-14-6-3-7-15-24/h2,4-5,8-13,21,23H,3,6-7,14-17H2,1H3. The number of hydrogen-bond acceptors (Lipinski definition) is 5. The Bertz CT molecular complexity index is 892. The Balaban J connectivity index is 1.72. The van der Waals surface area contributed by atoms with Crippen LogP contribution in [0.4, 0.5) is 0 Å². The van der Waals surface area contributed by atoms with Crippen molar-refractivity contribution in [3.63, 3.8) is 0 Å². The van der Waals surface area contributed by atoms with Gasteiger partial charge in [0.15, 0.2) is 0 Å². The van der Waals surface area contributed by atoms with Gasteiger partial charge < -0.3 is 9.64 Å². The molecule has 0 aromatic heterocycles. The second-order valence-corrected chi connectivity index (χ2v) is 9.26. The van der Waals surface area contributed by atoms with Crippen LogP contribution in [0, 0.1) is 0 Å². The zero-order chi connectivity index (χ0) is 20.7. The number of hydrogen-bond donors (Lipinski definition) is 1. The van der Waals surface area contributed by atoms with E-state index in [9.17, 15) is 13.2 Å². The molecule has 1 aliphatic heterocycles. The summed E-state index contributed by atoms with van der Waals surface area (Å²) in [7, 11) is -2.26. The van der Waals surface area contributed by atoms with Gasteiger partial charge >= 0.3 is 5.97 Å². The summed E-state index contributed by atoms with van der Waals surface area (Å²) < 4.78 is 33.8. The van der Waals surface area contributed by atoms with Gasteiger partial charge in [0.2, 0.25) is 10.0 Å². The minimum atomic E-state index is -3.59. The molecule has 1 aliphatic rings. The summed E-state index contributed by atoms with van der Waals surface area (Å²) in [4.78, 5) is 13.8. The summed E-state index contributed by atoms with van der Waals surface area (Å²) >= 11 is 0. The van der Waals surface area contributed by atoms with Crippen molar-refractivity contribution in [2.24, 2.45) is 0 Å². The van der Waals surface area contributed by atoms with Crippen LogP contribution in [0.3, 0.4) is 0 Å². The largest absolute Gasteiger partial charge is 0.465 e. The Morgan fingerprint density at radius 1 is 1.03 bits per heavy atom. The molecular formula is C22H28N2O4S. The van der Waals surface area contributed by atoms with Crippen molar-refractivity contribution < 1.29 is 17.9 Å². The molecule has 0 bridgehead atoms. The van der Waals surface area contributed by atoms with Crippen LogP contribution in [0.25, 0.3) is 0 Å². The Hall–Kier alpha value is -2.22. The summed E-state index contributed by atoms with van der Waals surface area (Å²) in [6.45, 7) is 2.54. The predicted octanol–water partition coefficient (Wildman–Crippen LogP) is 3.12. The number of esters is 1. The van der Waals surface area contributed by atoms with E-state index in [1.54, 1.807) is 24.3 Å². The normalized spacial score (nSPS) is 16.3. The van der Waals surface area contributed by atoms with Crippen LogP contribution in [0.5, 0.6) is 0 Å². The number of methoxy groups -OCH3 is 1. The van der Waals surface area contributed by atoms with E-state index in [0.29, 0.717) is 12.1 Å². The molecule has 1 fully saturated rings. The lowest BCUT2D eigenvalue weighted by molar-refractivity contribution is 0.0600. The molecule has 0 aliphatic carbocycles. The van der Waals surface area contributed by atoms with Crippen LogP contribution in [0.2, 0.25) is 0 Å². The first kappa shape index (κ1) is 21.5. The number of nitrogens with one attached hydrogen (secondary N) is 1. The van der Waals surface area contributed by atoms with Crippen LogP contribution in [-0.4, -0.2) is 46.0 Å². The molecular weight excluding hydrogens is 388 g/mol. The van der Waals surface area contributed by atoms with Crippen LogP contribution >= 0.6 is 0 Å². The molecule has 1 atom stereocenters. The van der Waals surface area contributed by atoms with Gasteiger partial charge in [-0.2, -0.15) is 0 Å². The van der Waals surface area contributed by atoms with Crippen molar-refractivity contribution in [3.05, 3.63) is 71.3 Å². The van der Waals surface area contributed by atoms with Crippen molar-refractivity contribution in [1.82, 2.24) is 9.62 Å². The third-order valence-corrected chi connectivity index (χ3v) is 6.99. The molecule has 156 valence electrons. The van der Waals surface area contributed by atoms with E-state index in [1.165, 1.54) is 13.5 Å². The van der Waals surface area contributed by atoms with Crippen molar-refractivity contribution in [1.29, 1.82) is 0 Å². The molecule has 2 aromatic carbocycles. The number of nitrogens with zero attached hydrogens (tertiary/aromatic N) is 1. The number of carbonyl (C=O) groups is 1. The number of piperidine rings is 1. The zero-order valence-corrected chi connectivity index (χ0v) is 17.5. The highest BCUT2D eigenvalue weighted by Gasteiger charge is 2.29. The van der Waals surface area contributed by atoms with Gasteiger partial charge in [-0.15, -0.1) is 0 Å². The van der Waals surface area contributed by atoms with E-state index < -0.39 is 21.2 Å². The smallest absolute Gasteiger partial charge is 0.337 e. The summed E-state index contributed by atoms with van der Waals surface area (Å²) in [6.07, 6.45) is 3.43. The van der Waals surface area contributed by atoms with E-state index in [-0.39, 0.29) is 6.54 Å². The van der Waals surface area contributed by atoms with Crippen molar-refractivity contribution in [2.45, 2.75) is 31.1 Å². The van der Waals surface area contributed by atoms with Gasteiger partial charge in [-0.25, -0.2) is 17.9 Å². The molecule has 7 heteroatoms. The Morgan fingerprint density at radius 3 is 2.31 bits per heavy atom. The Labute approximate surface area is 172 Å². The number of benzene rings is 2. The highest BCUT2D eigenvalue weighted by atomic mass is 32.2. The minimum Gasteiger partial charge on any atom is -0.465 e. The Kier molecular flexibility index (Phi) is 7.41. The topological polar surface area (TPSA) is 75.7 Å². The quantitative estimate of drug-likeness (QED) is 0.669. The summed E-state index contributed by atoms with van der Waals surface area (Å²) in [5.74, 6) is -0.414. The highest BCUT2D eigenvalue weighted by Crippen LogP contribution is 2.25. The first-order valence-corrected chi connectivity index (χ1v) is 11.5. The van der Waals surface area contributed by atoms with Gasteiger partial charge in [0.05, 0.1) is 12.7 Å². The molecule has 2 aromatic rings. The number of ether oxygens (including phenoxy) is 1. The maximum Gasteiger partial charge on any atom is 0.337 e. The van der Waals surface area contributed by atoms with E-state index >= 15 is 0 Å². The first-order chi connectivity index (χ1) is 14.0. The summed E-state index contributed by atoms with van der Waals surface area (Å²) in [5.41, 5.74) is 2.02. The monoisotopic (exact) mass is 416 g/mol. The SMILES string of the molecule is COC(=O)c1ccc(CNS(=O)(=O)C(CN2CCCCC2)c2ccccc2)cc1. The number of sulfonamides is 1. The van der Waals surface area contributed by atoms with Gasteiger partial charge in [-0.3, -0.25) is 0 Å². The average Bonchev–Trinajstić information content (AvgIpc) is 2.77. The lowest BCUT2D eigenvalue weighted by Crippen LogP contribution is -2.39. The van der Waals surface area contributed by atoms with E-state index in [2.05, 4.69) is 14.4 Å². The third-order valence-electron chi connectivity index (χ3n) is 5.27. The fourth-order valence-corrected chi connectivity index (χ4v) is 5.08. The predicted molar refractivity (Wildman–Crippen MR) is 113 cm³/mol. The Morgan fingerprint density at radius 2 is 1.69 bits per heavy atom. The number of rotatable bonds is 8. The second-order valence-electron chi connectivity index (χ2n) is 7.32. The number of carbonyl (C=O) groups excluding carboxylic acids is 1. The van der Waals surface area contributed by atoms with Crippen molar-refractivity contribution in [3.8, 4) is 0 Å². The summed E-state index contributed by atoms with van der Waals surface area (Å²) in [6, 6.07) is 16.1. The molecule has 0 amide bonds. The van der Waals surface area contributed by atoms with E-state index in [0.717, 1.165) is 37.1 Å². The van der Waals surface area contributed by atoms with Crippen LogP contribution in [0.1, 0.15) is 46.0 Å². The maximum absolute atomic E-state index is 13.2. The first-order valence-electron chi connectivity index (χ1n) is 9.92. The van der Waals surface area contributed by atoms with Crippen LogP contribution in [0.15, 0.2) is 54.6 Å². The van der Waals surface area contributed by atoms with Gasteiger partial charge in [0.1, 0.15) is 5.25 Å². The fourth-order valence-electron chi connectivity index (χ4n) is 3.59. The van der Waals surface area contributed by atoms with Gasteiger partial charge in [0, 0.05) is 13.1 Å². The van der Waals surface area contributed by atoms with Crippen molar-refractivity contribution >= 4 is 16.0 Å². The van der Waals surface area contributed by atoms with E-state index in [4.69, 9.17) is 0 Å². The lowest BCUT2D eigenvalue weighted by Gasteiger charge is -2.30.